The van der Waals surface area contributed by atoms with Crippen molar-refractivity contribution in [1.82, 2.24) is 4.90 Å². The molecule has 0 spiro atoms. The van der Waals surface area contributed by atoms with Crippen LogP contribution in [0.5, 0.6) is 11.5 Å². The van der Waals surface area contributed by atoms with Gasteiger partial charge in [-0.3, -0.25) is 4.90 Å². The van der Waals surface area contributed by atoms with Crippen molar-refractivity contribution in [2.75, 3.05) is 26.4 Å². The number of ether oxygens (including phenoxy) is 2. The van der Waals surface area contributed by atoms with Gasteiger partial charge in [0.15, 0.2) is 11.5 Å². The molecule has 3 unspecified atom stereocenters. The van der Waals surface area contributed by atoms with E-state index in [1.54, 1.807) is 0 Å². The fourth-order valence-electron chi connectivity index (χ4n) is 3.09. The molecule has 3 rings (SSSR count). The molecule has 3 atom stereocenters. The minimum atomic E-state index is 0.260. The molecule has 2 aliphatic heterocycles. The monoisotopic (exact) mass is 294 g/mol. The van der Waals surface area contributed by atoms with E-state index in [1.165, 1.54) is 5.56 Å². The lowest BCUT2D eigenvalue weighted by Gasteiger charge is -2.39. The number of hydrogen-bond acceptors (Lipinski definition) is 5. The van der Waals surface area contributed by atoms with Crippen molar-refractivity contribution in [2.24, 2.45) is 5.73 Å². The van der Waals surface area contributed by atoms with Crippen LogP contribution in [0.4, 0.5) is 0 Å². The Bertz CT molecular complexity index is 473. The minimum absolute atomic E-state index is 0.260. The van der Waals surface area contributed by atoms with E-state index in [9.17, 15) is 0 Å². The zero-order valence-electron chi connectivity index (χ0n) is 12.0. The summed E-state index contributed by atoms with van der Waals surface area (Å²) in [6, 6.07) is 6.44. The Morgan fingerprint density at radius 1 is 1.25 bits per heavy atom. The van der Waals surface area contributed by atoms with Crippen LogP contribution < -0.4 is 15.2 Å². The van der Waals surface area contributed by atoms with Crippen molar-refractivity contribution in [3.05, 3.63) is 23.8 Å². The van der Waals surface area contributed by atoms with Gasteiger partial charge < -0.3 is 15.2 Å². The summed E-state index contributed by atoms with van der Waals surface area (Å²) >= 11 is 2.06. The van der Waals surface area contributed by atoms with Crippen LogP contribution in [0.3, 0.4) is 0 Å². The van der Waals surface area contributed by atoms with Crippen LogP contribution in [0, 0.1) is 0 Å². The first-order valence-corrected chi connectivity index (χ1v) is 8.10. The van der Waals surface area contributed by atoms with Crippen LogP contribution in [0.2, 0.25) is 0 Å². The summed E-state index contributed by atoms with van der Waals surface area (Å²) in [6.07, 6.45) is 0. The van der Waals surface area contributed by atoms with Gasteiger partial charge in [-0.1, -0.05) is 19.9 Å². The van der Waals surface area contributed by atoms with Crippen LogP contribution >= 0.6 is 11.8 Å². The Morgan fingerprint density at radius 2 is 1.95 bits per heavy atom. The van der Waals surface area contributed by atoms with Gasteiger partial charge in [0.2, 0.25) is 6.79 Å². The van der Waals surface area contributed by atoms with E-state index in [2.05, 4.69) is 42.6 Å². The first-order valence-electron chi connectivity index (χ1n) is 7.16. The molecule has 4 nitrogen and oxygen atoms in total. The molecule has 20 heavy (non-hydrogen) atoms. The van der Waals surface area contributed by atoms with Crippen LogP contribution in [0.15, 0.2) is 18.2 Å². The second-order valence-corrected chi connectivity index (χ2v) is 7.46. The number of fused-ring (bicyclic) bond motifs is 1. The van der Waals surface area contributed by atoms with Crippen LogP contribution in [0.25, 0.3) is 0 Å². The summed E-state index contributed by atoms with van der Waals surface area (Å²) in [4.78, 5) is 2.50. The molecule has 1 aromatic rings. The molecular weight excluding hydrogens is 272 g/mol. The molecule has 0 amide bonds. The quantitative estimate of drug-likeness (QED) is 0.926. The van der Waals surface area contributed by atoms with Gasteiger partial charge in [0, 0.05) is 36.2 Å². The summed E-state index contributed by atoms with van der Waals surface area (Å²) < 4.78 is 10.9. The number of thioether (sulfide) groups is 1. The molecule has 0 saturated carbocycles. The van der Waals surface area contributed by atoms with Gasteiger partial charge in [0.1, 0.15) is 0 Å². The van der Waals surface area contributed by atoms with E-state index in [-0.39, 0.29) is 6.04 Å². The van der Waals surface area contributed by atoms with Gasteiger partial charge in [-0.15, -0.1) is 0 Å². The molecule has 0 bridgehead atoms. The average Bonchev–Trinajstić information content (AvgIpc) is 2.86. The first-order chi connectivity index (χ1) is 9.67. The smallest absolute Gasteiger partial charge is 0.231 e. The molecule has 1 aromatic carbocycles. The minimum Gasteiger partial charge on any atom is -0.454 e. The highest BCUT2D eigenvalue weighted by Crippen LogP contribution is 2.37. The number of hydrogen-bond donors (Lipinski definition) is 1. The molecule has 110 valence electrons. The molecular formula is C15H22N2O2S. The maximum atomic E-state index is 6.05. The average molecular weight is 294 g/mol. The third-order valence-corrected chi connectivity index (χ3v) is 5.12. The van der Waals surface area contributed by atoms with Crippen molar-refractivity contribution in [3.63, 3.8) is 0 Å². The SMILES string of the molecule is CC1CN(C(CN)c2ccc3c(c2)OCO3)CC(C)S1. The van der Waals surface area contributed by atoms with E-state index in [1.807, 2.05) is 6.07 Å². The molecule has 1 fully saturated rings. The summed E-state index contributed by atoms with van der Waals surface area (Å²) in [5.74, 6) is 1.67. The molecule has 0 radical (unpaired) electrons. The highest BCUT2D eigenvalue weighted by atomic mass is 32.2. The van der Waals surface area contributed by atoms with Gasteiger partial charge in [-0.05, 0) is 17.7 Å². The van der Waals surface area contributed by atoms with E-state index in [4.69, 9.17) is 15.2 Å². The number of nitrogens with zero attached hydrogens (tertiary/aromatic N) is 1. The Morgan fingerprint density at radius 3 is 2.65 bits per heavy atom. The predicted octanol–water partition coefficient (Wildman–Crippen LogP) is 2.24. The van der Waals surface area contributed by atoms with E-state index in [0.717, 1.165) is 24.6 Å². The molecule has 1 saturated heterocycles. The highest BCUT2D eigenvalue weighted by Gasteiger charge is 2.29. The maximum Gasteiger partial charge on any atom is 0.231 e. The van der Waals surface area contributed by atoms with Gasteiger partial charge in [-0.25, -0.2) is 0 Å². The highest BCUT2D eigenvalue weighted by molar-refractivity contribution is 8.00. The van der Waals surface area contributed by atoms with Crippen LogP contribution in [-0.2, 0) is 0 Å². The number of rotatable bonds is 3. The van der Waals surface area contributed by atoms with Crippen molar-refractivity contribution in [2.45, 2.75) is 30.4 Å². The zero-order chi connectivity index (χ0) is 14.1. The summed E-state index contributed by atoms with van der Waals surface area (Å²) in [5.41, 5.74) is 7.28. The predicted molar refractivity (Wildman–Crippen MR) is 82.4 cm³/mol. The molecule has 0 aromatic heterocycles. The second kappa shape index (κ2) is 5.84. The Hall–Kier alpha value is -0.910. The lowest BCUT2D eigenvalue weighted by Crippen LogP contribution is -2.44. The summed E-state index contributed by atoms with van der Waals surface area (Å²) in [7, 11) is 0. The molecule has 2 heterocycles. The number of benzene rings is 1. The van der Waals surface area contributed by atoms with Gasteiger partial charge in [-0.2, -0.15) is 11.8 Å². The normalized spacial score (nSPS) is 27.6. The van der Waals surface area contributed by atoms with Crippen molar-refractivity contribution >= 4 is 11.8 Å². The van der Waals surface area contributed by atoms with E-state index in [0.29, 0.717) is 23.8 Å². The third-order valence-electron chi connectivity index (χ3n) is 3.89. The third kappa shape index (κ3) is 2.75. The Labute approximate surface area is 124 Å². The second-order valence-electron chi connectivity index (χ2n) is 5.58. The summed E-state index contributed by atoms with van der Waals surface area (Å²) in [6.45, 7) is 7.71. The Balaban J connectivity index is 1.82. The fourth-order valence-corrected chi connectivity index (χ4v) is 4.44. The van der Waals surface area contributed by atoms with Gasteiger partial charge in [0.25, 0.3) is 0 Å². The lowest BCUT2D eigenvalue weighted by molar-refractivity contribution is 0.173. The Kier molecular flexibility index (Phi) is 4.10. The van der Waals surface area contributed by atoms with Gasteiger partial charge in [0.05, 0.1) is 0 Å². The molecule has 2 N–H and O–H groups in total. The summed E-state index contributed by atoms with van der Waals surface area (Å²) in [5, 5.41) is 1.31. The lowest BCUT2D eigenvalue weighted by atomic mass is 10.0. The zero-order valence-corrected chi connectivity index (χ0v) is 12.9. The van der Waals surface area contributed by atoms with Crippen molar-refractivity contribution in [3.8, 4) is 11.5 Å². The molecule has 2 aliphatic rings. The standard InChI is InChI=1S/C15H22N2O2S/c1-10-7-17(8-11(2)20-10)13(6-16)12-3-4-14-15(5-12)19-9-18-14/h3-5,10-11,13H,6-9,16H2,1-2H3. The molecule has 0 aliphatic carbocycles. The van der Waals surface area contributed by atoms with Crippen LogP contribution in [-0.4, -0.2) is 41.8 Å². The molecule has 5 heteroatoms. The fraction of sp³-hybridized carbons (Fsp3) is 0.600. The first kappa shape index (κ1) is 14.0. The van der Waals surface area contributed by atoms with Crippen LogP contribution in [0.1, 0.15) is 25.5 Å². The van der Waals surface area contributed by atoms with Gasteiger partial charge >= 0.3 is 0 Å². The number of nitrogens with two attached hydrogens (primary N) is 1. The largest absolute Gasteiger partial charge is 0.454 e. The maximum absolute atomic E-state index is 6.05. The van der Waals surface area contributed by atoms with Crippen molar-refractivity contribution in [1.29, 1.82) is 0 Å². The topological polar surface area (TPSA) is 47.7 Å². The van der Waals surface area contributed by atoms with E-state index >= 15 is 0 Å². The van der Waals surface area contributed by atoms with E-state index < -0.39 is 0 Å². The van der Waals surface area contributed by atoms with Crippen molar-refractivity contribution < 1.29 is 9.47 Å².